The van der Waals surface area contributed by atoms with Crippen molar-refractivity contribution in [2.45, 2.75) is 0 Å². The molecule has 0 saturated carbocycles. The second-order valence-electron chi connectivity index (χ2n) is 3.63. The molecule has 1 N–H and O–H groups in total. The molecule has 0 unspecified atom stereocenters. The summed E-state index contributed by atoms with van der Waals surface area (Å²) in [5.41, 5.74) is 0.0191. The van der Waals surface area contributed by atoms with Crippen LogP contribution in [0.4, 0.5) is 14.9 Å². The SMILES string of the molecule is O=C(Nc1c(F)cccc1Cl)N1CCOCC1. The summed E-state index contributed by atoms with van der Waals surface area (Å²) in [6.07, 6.45) is 0. The van der Waals surface area contributed by atoms with Gasteiger partial charge in [-0.15, -0.1) is 0 Å². The van der Waals surface area contributed by atoms with E-state index in [9.17, 15) is 9.18 Å². The lowest BCUT2D eigenvalue weighted by Gasteiger charge is -2.27. The molecule has 0 radical (unpaired) electrons. The Balaban J connectivity index is 2.07. The number of amides is 2. The summed E-state index contributed by atoms with van der Waals surface area (Å²) < 4.78 is 18.6. The molecule has 2 rings (SSSR count). The van der Waals surface area contributed by atoms with Crippen molar-refractivity contribution in [2.24, 2.45) is 0 Å². The van der Waals surface area contributed by atoms with Crippen LogP contribution in [0.5, 0.6) is 0 Å². The monoisotopic (exact) mass is 258 g/mol. The molecule has 0 aromatic heterocycles. The van der Waals surface area contributed by atoms with Crippen LogP contribution in [0, 0.1) is 5.82 Å². The maximum atomic E-state index is 13.4. The average molecular weight is 259 g/mol. The zero-order valence-corrected chi connectivity index (χ0v) is 9.84. The number of nitrogens with one attached hydrogen (secondary N) is 1. The Morgan fingerprint density at radius 3 is 2.76 bits per heavy atom. The predicted octanol–water partition coefficient (Wildman–Crippen LogP) is 2.34. The Hall–Kier alpha value is -1.33. The fourth-order valence-corrected chi connectivity index (χ4v) is 1.78. The van der Waals surface area contributed by atoms with Crippen molar-refractivity contribution in [3.63, 3.8) is 0 Å². The molecular formula is C11H12ClFN2O2. The fourth-order valence-electron chi connectivity index (χ4n) is 1.57. The summed E-state index contributed by atoms with van der Waals surface area (Å²) in [5, 5.41) is 2.66. The largest absolute Gasteiger partial charge is 0.378 e. The van der Waals surface area contributed by atoms with Gasteiger partial charge in [-0.1, -0.05) is 17.7 Å². The third kappa shape index (κ3) is 2.87. The molecule has 0 aliphatic carbocycles. The maximum Gasteiger partial charge on any atom is 0.322 e. The first-order chi connectivity index (χ1) is 8.18. The number of morpholine rings is 1. The van der Waals surface area contributed by atoms with Crippen molar-refractivity contribution in [2.75, 3.05) is 31.6 Å². The van der Waals surface area contributed by atoms with Crippen molar-refractivity contribution < 1.29 is 13.9 Å². The number of rotatable bonds is 1. The number of ether oxygens (including phenoxy) is 1. The number of anilines is 1. The molecule has 6 heteroatoms. The summed E-state index contributed by atoms with van der Waals surface area (Å²) in [6.45, 7) is 1.99. The van der Waals surface area contributed by atoms with E-state index in [1.807, 2.05) is 0 Å². The van der Waals surface area contributed by atoms with Crippen LogP contribution in [0.15, 0.2) is 18.2 Å². The van der Waals surface area contributed by atoms with Gasteiger partial charge in [0.05, 0.1) is 23.9 Å². The van der Waals surface area contributed by atoms with Crippen LogP contribution in [0.25, 0.3) is 0 Å². The first-order valence-electron chi connectivity index (χ1n) is 5.26. The number of carbonyl (C=O) groups is 1. The first-order valence-corrected chi connectivity index (χ1v) is 5.64. The van der Waals surface area contributed by atoms with Gasteiger partial charge in [-0.2, -0.15) is 0 Å². The van der Waals surface area contributed by atoms with Crippen LogP contribution >= 0.6 is 11.6 Å². The van der Waals surface area contributed by atoms with Crippen molar-refractivity contribution in [1.82, 2.24) is 4.90 Å². The minimum absolute atomic E-state index is 0.0191. The van der Waals surface area contributed by atoms with E-state index >= 15 is 0 Å². The molecule has 4 nitrogen and oxygen atoms in total. The van der Waals surface area contributed by atoms with Gasteiger partial charge in [0.1, 0.15) is 5.82 Å². The van der Waals surface area contributed by atoms with Crippen LogP contribution < -0.4 is 5.32 Å². The number of benzene rings is 1. The van der Waals surface area contributed by atoms with E-state index in [1.54, 1.807) is 4.90 Å². The zero-order valence-electron chi connectivity index (χ0n) is 9.08. The second kappa shape index (κ2) is 5.33. The number of para-hydroxylation sites is 1. The molecule has 1 aliphatic rings. The van der Waals surface area contributed by atoms with Gasteiger partial charge in [0.25, 0.3) is 0 Å². The van der Waals surface area contributed by atoms with Gasteiger partial charge in [0.15, 0.2) is 0 Å². The quantitative estimate of drug-likeness (QED) is 0.840. The molecule has 2 amide bonds. The van der Waals surface area contributed by atoms with E-state index < -0.39 is 5.82 Å². The lowest BCUT2D eigenvalue weighted by atomic mass is 10.3. The summed E-state index contributed by atoms with van der Waals surface area (Å²) >= 11 is 5.81. The second-order valence-corrected chi connectivity index (χ2v) is 4.03. The summed E-state index contributed by atoms with van der Waals surface area (Å²) in [7, 11) is 0. The van der Waals surface area contributed by atoms with Gasteiger partial charge in [0.2, 0.25) is 0 Å². The molecule has 1 saturated heterocycles. The summed E-state index contributed by atoms with van der Waals surface area (Å²) in [4.78, 5) is 13.4. The van der Waals surface area contributed by atoms with E-state index in [1.165, 1.54) is 18.2 Å². The highest BCUT2D eigenvalue weighted by Crippen LogP contribution is 2.24. The number of urea groups is 1. The molecule has 92 valence electrons. The molecule has 0 spiro atoms. The molecule has 1 fully saturated rings. The van der Waals surface area contributed by atoms with E-state index in [4.69, 9.17) is 16.3 Å². The van der Waals surface area contributed by atoms with Crippen molar-refractivity contribution in [1.29, 1.82) is 0 Å². The van der Waals surface area contributed by atoms with Crippen molar-refractivity contribution >= 4 is 23.3 Å². The highest BCUT2D eigenvalue weighted by molar-refractivity contribution is 6.33. The van der Waals surface area contributed by atoms with Crippen LogP contribution in [0.1, 0.15) is 0 Å². The average Bonchev–Trinajstić information content (AvgIpc) is 2.35. The third-order valence-corrected chi connectivity index (χ3v) is 2.81. The highest BCUT2D eigenvalue weighted by atomic mass is 35.5. The molecule has 17 heavy (non-hydrogen) atoms. The molecule has 1 aromatic rings. The molecular weight excluding hydrogens is 247 g/mol. The number of hydrogen-bond donors (Lipinski definition) is 1. The van der Waals surface area contributed by atoms with E-state index in [0.29, 0.717) is 26.3 Å². The Morgan fingerprint density at radius 2 is 2.12 bits per heavy atom. The minimum atomic E-state index is -0.542. The summed E-state index contributed by atoms with van der Waals surface area (Å²) in [6, 6.07) is 3.91. The molecule has 0 bridgehead atoms. The van der Waals surface area contributed by atoms with Gasteiger partial charge >= 0.3 is 6.03 Å². The van der Waals surface area contributed by atoms with Gasteiger partial charge in [-0.25, -0.2) is 9.18 Å². The Labute approximate surface area is 103 Å². The first kappa shape index (κ1) is 12.1. The Bertz CT molecular complexity index is 402. The Morgan fingerprint density at radius 1 is 1.41 bits per heavy atom. The smallest absolute Gasteiger partial charge is 0.322 e. The third-order valence-electron chi connectivity index (χ3n) is 2.49. The summed E-state index contributed by atoms with van der Waals surface area (Å²) in [5.74, 6) is -0.542. The van der Waals surface area contributed by atoms with E-state index in [2.05, 4.69) is 5.32 Å². The fraction of sp³-hybridized carbons (Fsp3) is 0.364. The van der Waals surface area contributed by atoms with Gasteiger partial charge < -0.3 is 15.0 Å². The van der Waals surface area contributed by atoms with E-state index in [-0.39, 0.29) is 16.7 Å². The maximum absolute atomic E-state index is 13.4. The molecule has 1 heterocycles. The van der Waals surface area contributed by atoms with Gasteiger partial charge in [-0.3, -0.25) is 0 Å². The predicted molar refractivity (Wildman–Crippen MR) is 62.8 cm³/mol. The normalized spacial score (nSPS) is 15.8. The zero-order chi connectivity index (χ0) is 12.3. The minimum Gasteiger partial charge on any atom is -0.378 e. The molecule has 1 aliphatic heterocycles. The number of nitrogens with zero attached hydrogens (tertiary/aromatic N) is 1. The number of carbonyl (C=O) groups excluding carboxylic acids is 1. The van der Waals surface area contributed by atoms with Crippen LogP contribution in [0.2, 0.25) is 5.02 Å². The van der Waals surface area contributed by atoms with E-state index in [0.717, 1.165) is 0 Å². The standard InChI is InChI=1S/C11H12ClFN2O2/c12-8-2-1-3-9(13)10(8)14-11(16)15-4-6-17-7-5-15/h1-3H,4-7H2,(H,14,16). The lowest BCUT2D eigenvalue weighted by Crippen LogP contribution is -2.43. The van der Waals surface area contributed by atoms with Gasteiger partial charge in [-0.05, 0) is 12.1 Å². The number of hydrogen-bond acceptors (Lipinski definition) is 2. The van der Waals surface area contributed by atoms with Crippen LogP contribution in [-0.2, 0) is 4.74 Å². The lowest BCUT2D eigenvalue weighted by molar-refractivity contribution is 0.0564. The van der Waals surface area contributed by atoms with Crippen molar-refractivity contribution in [3.8, 4) is 0 Å². The van der Waals surface area contributed by atoms with Crippen LogP contribution in [-0.4, -0.2) is 37.2 Å². The number of halogens is 2. The molecule has 1 aromatic carbocycles. The van der Waals surface area contributed by atoms with Crippen LogP contribution in [0.3, 0.4) is 0 Å². The highest BCUT2D eigenvalue weighted by Gasteiger charge is 2.18. The van der Waals surface area contributed by atoms with Gasteiger partial charge in [0, 0.05) is 13.1 Å². The van der Waals surface area contributed by atoms with Crippen molar-refractivity contribution in [3.05, 3.63) is 29.0 Å². The Kier molecular flexibility index (Phi) is 3.81. The molecule has 0 atom stereocenters. The topological polar surface area (TPSA) is 41.6 Å².